The molecule has 7 heteroatoms. The third kappa shape index (κ3) is 6.03. The Morgan fingerprint density at radius 3 is 2.68 bits per heavy atom. The van der Waals surface area contributed by atoms with Crippen molar-refractivity contribution >= 4 is 51.3 Å². The molecule has 2 aromatic rings. The first-order chi connectivity index (χ1) is 11.9. The summed E-state index contributed by atoms with van der Waals surface area (Å²) < 4.78 is 6.31. The summed E-state index contributed by atoms with van der Waals surface area (Å²) >= 11 is 15.3. The van der Waals surface area contributed by atoms with E-state index in [-0.39, 0.29) is 12.5 Å². The van der Waals surface area contributed by atoms with Crippen LogP contribution in [-0.4, -0.2) is 18.7 Å². The lowest BCUT2D eigenvalue weighted by atomic mass is 10.0. The monoisotopic (exact) mass is 442 g/mol. The molecule has 25 heavy (non-hydrogen) atoms. The van der Waals surface area contributed by atoms with E-state index in [4.69, 9.17) is 27.9 Å². The summed E-state index contributed by atoms with van der Waals surface area (Å²) in [4.78, 5) is 11.8. The van der Waals surface area contributed by atoms with Crippen LogP contribution in [0.15, 0.2) is 46.0 Å². The number of hydrogen-bond donors (Lipinski definition) is 1. The molecule has 1 N–H and O–H groups in total. The smallest absolute Gasteiger partial charge is 0.277 e. The minimum absolute atomic E-state index is 0.148. The number of nitrogens with zero attached hydrogens (tertiary/aromatic N) is 1. The van der Waals surface area contributed by atoms with Gasteiger partial charge in [0.15, 0.2) is 6.61 Å². The second-order valence-corrected chi connectivity index (χ2v) is 7.29. The number of rotatable bonds is 6. The van der Waals surface area contributed by atoms with Crippen LogP contribution < -0.4 is 10.2 Å². The highest BCUT2D eigenvalue weighted by molar-refractivity contribution is 9.10. The van der Waals surface area contributed by atoms with E-state index in [0.29, 0.717) is 27.3 Å². The van der Waals surface area contributed by atoms with Crippen molar-refractivity contribution in [1.82, 2.24) is 5.43 Å². The first-order valence-electron chi connectivity index (χ1n) is 7.56. The predicted octanol–water partition coefficient (Wildman–Crippen LogP) is 5.41. The molecule has 0 aromatic heterocycles. The van der Waals surface area contributed by atoms with Gasteiger partial charge in [-0.05, 0) is 51.7 Å². The maximum atomic E-state index is 11.8. The van der Waals surface area contributed by atoms with Crippen LogP contribution in [0.2, 0.25) is 10.0 Å². The van der Waals surface area contributed by atoms with Crippen molar-refractivity contribution in [2.75, 3.05) is 6.61 Å². The van der Waals surface area contributed by atoms with Crippen LogP contribution in [0.5, 0.6) is 5.75 Å². The molecule has 132 valence electrons. The van der Waals surface area contributed by atoms with E-state index >= 15 is 0 Å². The molecule has 0 fully saturated rings. The average Bonchev–Trinajstić information content (AvgIpc) is 2.55. The zero-order valence-corrected chi connectivity index (χ0v) is 16.8. The fraction of sp³-hybridized carbons (Fsp3) is 0.222. The van der Waals surface area contributed by atoms with E-state index in [1.165, 1.54) is 11.8 Å². The molecule has 2 rings (SSSR count). The van der Waals surface area contributed by atoms with E-state index in [1.807, 2.05) is 18.2 Å². The van der Waals surface area contributed by atoms with Gasteiger partial charge < -0.3 is 4.74 Å². The lowest BCUT2D eigenvalue weighted by Gasteiger charge is -2.10. The van der Waals surface area contributed by atoms with Crippen molar-refractivity contribution in [2.45, 2.75) is 19.8 Å². The first kappa shape index (κ1) is 19.8. The van der Waals surface area contributed by atoms with E-state index in [9.17, 15) is 4.79 Å². The van der Waals surface area contributed by atoms with Gasteiger partial charge in [-0.2, -0.15) is 5.10 Å². The Labute approximate surface area is 165 Å². The van der Waals surface area contributed by atoms with Crippen LogP contribution in [0.25, 0.3) is 0 Å². The van der Waals surface area contributed by atoms with Gasteiger partial charge in [-0.25, -0.2) is 5.43 Å². The molecule has 0 aliphatic rings. The summed E-state index contributed by atoms with van der Waals surface area (Å²) in [6, 6.07) is 10.8. The molecule has 0 heterocycles. The number of halogens is 3. The molecule has 0 atom stereocenters. The van der Waals surface area contributed by atoms with E-state index in [1.54, 1.807) is 18.2 Å². The van der Waals surface area contributed by atoms with Crippen molar-refractivity contribution in [3.63, 3.8) is 0 Å². The van der Waals surface area contributed by atoms with Gasteiger partial charge in [0.2, 0.25) is 0 Å². The summed E-state index contributed by atoms with van der Waals surface area (Å²) in [5.74, 6) is 0.646. The fourth-order valence-corrected chi connectivity index (χ4v) is 2.92. The van der Waals surface area contributed by atoms with Gasteiger partial charge >= 0.3 is 0 Å². The Bertz CT molecular complexity index is 795. The maximum absolute atomic E-state index is 11.8. The number of benzene rings is 2. The second-order valence-electron chi connectivity index (χ2n) is 5.59. The van der Waals surface area contributed by atoms with Gasteiger partial charge in [-0.15, -0.1) is 0 Å². The number of hydrazone groups is 1. The Morgan fingerprint density at radius 2 is 2.04 bits per heavy atom. The molecule has 0 radical (unpaired) electrons. The van der Waals surface area contributed by atoms with E-state index < -0.39 is 0 Å². The quantitative estimate of drug-likeness (QED) is 0.479. The number of nitrogens with one attached hydrogen (secondary N) is 1. The molecular weight excluding hydrogens is 427 g/mol. The van der Waals surface area contributed by atoms with Crippen LogP contribution in [0.3, 0.4) is 0 Å². The van der Waals surface area contributed by atoms with Gasteiger partial charge in [-0.1, -0.05) is 49.2 Å². The number of carbonyl (C=O) groups is 1. The standard InChI is InChI=1S/C18H17BrCl2N2O2/c1-11(2)12-4-6-17(15(19)7-12)25-10-18(24)23-22-9-13-3-5-14(20)8-16(13)21/h3-9,11H,10H2,1-2H3,(H,23,24). The first-order valence-corrected chi connectivity index (χ1v) is 9.11. The SMILES string of the molecule is CC(C)c1ccc(OCC(=O)NN=Cc2ccc(Cl)cc2Cl)c(Br)c1. The number of ether oxygens (including phenoxy) is 1. The average molecular weight is 444 g/mol. The second kappa shape index (κ2) is 9.22. The highest BCUT2D eigenvalue weighted by Crippen LogP contribution is 2.28. The minimum Gasteiger partial charge on any atom is -0.483 e. The molecule has 4 nitrogen and oxygen atoms in total. The summed E-state index contributed by atoms with van der Waals surface area (Å²) in [6.07, 6.45) is 1.45. The molecule has 1 amide bonds. The van der Waals surface area contributed by atoms with Crippen molar-refractivity contribution in [3.05, 3.63) is 62.0 Å². The normalized spacial score (nSPS) is 11.1. The number of amides is 1. The zero-order chi connectivity index (χ0) is 18.4. The fourth-order valence-electron chi connectivity index (χ4n) is 1.95. The van der Waals surface area contributed by atoms with Crippen molar-refractivity contribution in [2.24, 2.45) is 5.10 Å². The third-order valence-electron chi connectivity index (χ3n) is 3.34. The number of carbonyl (C=O) groups excluding carboxylic acids is 1. The topological polar surface area (TPSA) is 50.7 Å². The van der Waals surface area contributed by atoms with Crippen molar-refractivity contribution in [1.29, 1.82) is 0 Å². The highest BCUT2D eigenvalue weighted by atomic mass is 79.9. The van der Waals surface area contributed by atoms with Crippen LogP contribution in [-0.2, 0) is 4.79 Å². The molecule has 0 aliphatic heterocycles. The largest absolute Gasteiger partial charge is 0.483 e. The molecule has 0 unspecified atom stereocenters. The van der Waals surface area contributed by atoms with Gasteiger partial charge in [0, 0.05) is 10.6 Å². The Balaban J connectivity index is 1.87. The Morgan fingerprint density at radius 1 is 1.28 bits per heavy atom. The Kier molecular flexibility index (Phi) is 7.29. The molecule has 0 saturated carbocycles. The molecular formula is C18H17BrCl2N2O2. The van der Waals surface area contributed by atoms with E-state index in [0.717, 1.165) is 4.47 Å². The van der Waals surface area contributed by atoms with Gasteiger partial charge in [0.1, 0.15) is 5.75 Å². The minimum atomic E-state index is -0.374. The van der Waals surface area contributed by atoms with Crippen LogP contribution in [0.1, 0.15) is 30.9 Å². The predicted molar refractivity (Wildman–Crippen MR) is 106 cm³/mol. The molecule has 2 aromatic carbocycles. The number of hydrogen-bond acceptors (Lipinski definition) is 3. The highest BCUT2D eigenvalue weighted by Gasteiger charge is 2.07. The van der Waals surface area contributed by atoms with Gasteiger partial charge in [0.25, 0.3) is 5.91 Å². The van der Waals surface area contributed by atoms with Gasteiger partial charge in [-0.3, -0.25) is 4.79 Å². The third-order valence-corrected chi connectivity index (χ3v) is 4.52. The maximum Gasteiger partial charge on any atom is 0.277 e. The van der Waals surface area contributed by atoms with Crippen molar-refractivity contribution < 1.29 is 9.53 Å². The molecule has 0 aliphatic carbocycles. The molecule has 0 spiro atoms. The molecule has 0 bridgehead atoms. The Hall–Kier alpha value is -1.56. The molecule has 0 saturated heterocycles. The zero-order valence-electron chi connectivity index (χ0n) is 13.7. The van der Waals surface area contributed by atoms with Crippen LogP contribution in [0.4, 0.5) is 0 Å². The van der Waals surface area contributed by atoms with Gasteiger partial charge in [0.05, 0.1) is 15.7 Å². The summed E-state index contributed by atoms with van der Waals surface area (Å²) in [7, 11) is 0. The van der Waals surface area contributed by atoms with Crippen molar-refractivity contribution in [3.8, 4) is 5.75 Å². The van der Waals surface area contributed by atoms with Crippen LogP contribution in [0, 0.1) is 0 Å². The summed E-state index contributed by atoms with van der Waals surface area (Å²) in [5.41, 5.74) is 4.23. The van der Waals surface area contributed by atoms with Crippen LogP contribution >= 0.6 is 39.1 Å². The lowest BCUT2D eigenvalue weighted by molar-refractivity contribution is -0.123. The summed E-state index contributed by atoms with van der Waals surface area (Å²) in [6.45, 7) is 4.08. The lowest BCUT2D eigenvalue weighted by Crippen LogP contribution is -2.24. The van der Waals surface area contributed by atoms with E-state index in [2.05, 4.69) is 40.3 Å². The summed E-state index contributed by atoms with van der Waals surface area (Å²) in [5, 5.41) is 4.85.